The van der Waals surface area contributed by atoms with Gasteiger partial charge < -0.3 is 9.55 Å². The highest BCUT2D eigenvalue weighted by Gasteiger charge is 2.23. The van der Waals surface area contributed by atoms with Crippen LogP contribution in [0.4, 0.5) is 0 Å². The Morgan fingerprint density at radius 1 is 0.323 bits per heavy atom. The van der Waals surface area contributed by atoms with Gasteiger partial charge >= 0.3 is 0 Å². The van der Waals surface area contributed by atoms with Gasteiger partial charge in [-0.3, -0.25) is 0 Å². The molecule has 0 fully saturated rings. The maximum Gasteiger partial charge on any atom is 0.0737 e. The third-order valence-corrected chi connectivity index (χ3v) is 13.3. The molecule has 4 aromatic carbocycles. The second kappa shape index (κ2) is 15.9. The highest BCUT2D eigenvalue weighted by atomic mass is 14.9. The van der Waals surface area contributed by atoms with Crippen molar-refractivity contribution in [2.45, 2.75) is 105 Å². The van der Waals surface area contributed by atoms with E-state index in [2.05, 4.69) is 245 Å². The molecule has 0 radical (unpaired) electrons. The molecule has 2 aliphatic rings. The van der Waals surface area contributed by atoms with Crippen LogP contribution in [-0.2, 0) is 28.7 Å². The van der Waals surface area contributed by atoms with Gasteiger partial charge in [-0.2, -0.15) is 0 Å². The first-order valence-corrected chi connectivity index (χ1v) is 23.2. The van der Waals surface area contributed by atoms with Crippen LogP contribution >= 0.6 is 0 Å². The summed E-state index contributed by atoms with van der Waals surface area (Å²) in [6, 6.07) is 45.3. The molecule has 328 valence electrons. The molecule has 0 unspecified atom stereocenters. The number of aryl methyl sites for hydroxylation is 1. The molecule has 4 nitrogen and oxygen atoms in total. The van der Waals surface area contributed by atoms with Crippen molar-refractivity contribution in [2.24, 2.45) is 7.05 Å². The van der Waals surface area contributed by atoms with Crippen LogP contribution < -0.4 is 0 Å². The minimum Gasteiger partial charge on any atom is -0.354 e. The Bertz CT molecular complexity index is 2960. The van der Waals surface area contributed by atoms with Crippen molar-refractivity contribution in [3.63, 3.8) is 0 Å². The SMILES string of the molecule is Cn1c2ccc1c(-c1ccc(C(C)(C)C)cc1)c1nc(c(-c3ccc(C(C)(C)C)cc3)c3ccc([nH]3)c(-c3ccc(C(C)(C)C)cc3)c3nc(c2-c2ccc(C(C)(C)C)cc2)C=C3)C=C1. The molecule has 65 heavy (non-hydrogen) atoms. The van der Waals surface area contributed by atoms with E-state index in [1.165, 1.54) is 22.3 Å². The number of nitrogens with zero attached hydrogens (tertiary/aromatic N) is 3. The van der Waals surface area contributed by atoms with Gasteiger partial charge in [-0.25, -0.2) is 9.97 Å². The Hall–Kier alpha value is -6.52. The van der Waals surface area contributed by atoms with Gasteiger partial charge in [0.15, 0.2) is 0 Å². The Morgan fingerprint density at radius 3 is 0.831 bits per heavy atom. The average molecular weight is 853 g/mol. The Labute approximate surface area is 386 Å². The van der Waals surface area contributed by atoms with Crippen molar-refractivity contribution < 1.29 is 0 Å². The lowest BCUT2D eigenvalue weighted by molar-refractivity contribution is 0.590. The minimum absolute atomic E-state index is 0.0276. The molecule has 3 aromatic heterocycles. The molecular formula is C61H64N4. The van der Waals surface area contributed by atoms with Gasteiger partial charge in [0.1, 0.15) is 0 Å². The zero-order chi connectivity index (χ0) is 46.2. The van der Waals surface area contributed by atoms with E-state index in [1.807, 2.05) is 0 Å². The summed E-state index contributed by atoms with van der Waals surface area (Å²) in [5, 5.41) is 0. The molecule has 9 rings (SSSR count). The average Bonchev–Trinajstić information content (AvgIpc) is 4.09. The summed E-state index contributed by atoms with van der Waals surface area (Å²) in [6.45, 7) is 27.2. The van der Waals surface area contributed by atoms with Crippen molar-refractivity contribution in [3.8, 4) is 44.5 Å². The third kappa shape index (κ3) is 8.36. The smallest absolute Gasteiger partial charge is 0.0737 e. The fraction of sp³-hybridized carbons (Fsp3) is 0.279. The molecule has 0 saturated heterocycles. The van der Waals surface area contributed by atoms with Crippen LogP contribution in [-0.4, -0.2) is 19.5 Å². The van der Waals surface area contributed by atoms with E-state index in [0.717, 1.165) is 89.4 Å². The summed E-state index contributed by atoms with van der Waals surface area (Å²) in [4.78, 5) is 15.2. The number of H-pyrrole nitrogens is 1. The van der Waals surface area contributed by atoms with Crippen molar-refractivity contribution in [1.82, 2.24) is 19.5 Å². The van der Waals surface area contributed by atoms with E-state index < -0.39 is 0 Å². The first kappa shape index (κ1) is 43.7. The summed E-state index contributed by atoms with van der Waals surface area (Å²) in [7, 11) is 2.19. The van der Waals surface area contributed by atoms with Gasteiger partial charge in [0, 0.05) is 40.3 Å². The first-order chi connectivity index (χ1) is 30.6. The van der Waals surface area contributed by atoms with E-state index in [0.29, 0.717) is 0 Å². The van der Waals surface area contributed by atoms with E-state index >= 15 is 0 Å². The minimum atomic E-state index is 0.0276. The van der Waals surface area contributed by atoms with E-state index in [-0.39, 0.29) is 21.7 Å². The van der Waals surface area contributed by atoms with Crippen LogP contribution in [0.3, 0.4) is 0 Å². The van der Waals surface area contributed by atoms with Gasteiger partial charge in [-0.15, -0.1) is 0 Å². The summed E-state index contributed by atoms with van der Waals surface area (Å²) < 4.78 is 2.34. The van der Waals surface area contributed by atoms with Crippen molar-refractivity contribution in [2.75, 3.05) is 0 Å². The third-order valence-electron chi connectivity index (χ3n) is 13.3. The van der Waals surface area contributed by atoms with Crippen LogP contribution in [0.5, 0.6) is 0 Å². The van der Waals surface area contributed by atoms with Crippen LogP contribution in [0.2, 0.25) is 0 Å². The summed E-state index contributed by atoms with van der Waals surface area (Å²) >= 11 is 0. The largest absolute Gasteiger partial charge is 0.354 e. The standard InChI is InChI=1S/C61H64N4/c1-58(2,3)42-22-14-38(15-23-42)54-46-30-31-47(62-46)55(39-16-24-43(25-17-39)59(4,5)6)49-33-35-51(64-49)57(41-20-28-45(29-21-41)61(10,11)12)53-37-36-52(65(53)13)56(50-34-32-48(54)63-50)40-18-26-44(27-19-40)60(7,8)9/h14-37,62H,1-13H3. The second-order valence-electron chi connectivity index (χ2n) is 22.2. The summed E-state index contributed by atoms with van der Waals surface area (Å²) in [6.07, 6.45) is 8.80. The Kier molecular flexibility index (Phi) is 10.7. The summed E-state index contributed by atoms with van der Waals surface area (Å²) in [5.41, 5.74) is 21.9. The molecule has 0 amide bonds. The quantitative estimate of drug-likeness (QED) is 0.192. The number of nitrogens with one attached hydrogen (secondary N) is 1. The Morgan fingerprint density at radius 2 is 0.569 bits per heavy atom. The second-order valence-corrected chi connectivity index (χ2v) is 22.2. The number of hydrogen-bond acceptors (Lipinski definition) is 2. The molecule has 0 aliphatic carbocycles. The molecule has 5 heterocycles. The fourth-order valence-electron chi connectivity index (χ4n) is 9.27. The molecule has 0 saturated carbocycles. The van der Waals surface area contributed by atoms with Crippen LogP contribution in [0.25, 0.3) is 90.9 Å². The number of fused-ring (bicyclic) bond motifs is 8. The molecule has 1 N–H and O–H groups in total. The van der Waals surface area contributed by atoms with Gasteiger partial charge in [0.25, 0.3) is 0 Å². The summed E-state index contributed by atoms with van der Waals surface area (Å²) in [5.74, 6) is 0. The molecule has 4 heteroatoms. The fourth-order valence-corrected chi connectivity index (χ4v) is 9.27. The number of aromatic nitrogens is 4. The van der Waals surface area contributed by atoms with E-state index in [9.17, 15) is 0 Å². The molecule has 8 bridgehead atoms. The normalized spacial score (nSPS) is 13.2. The maximum atomic E-state index is 5.60. The van der Waals surface area contributed by atoms with Gasteiger partial charge in [-0.1, -0.05) is 180 Å². The highest BCUT2D eigenvalue weighted by Crippen LogP contribution is 2.41. The topological polar surface area (TPSA) is 46.5 Å². The van der Waals surface area contributed by atoms with Crippen LogP contribution in [0, 0.1) is 0 Å². The van der Waals surface area contributed by atoms with Crippen molar-refractivity contribution in [3.05, 3.63) is 166 Å². The number of aromatic amines is 1. The molecule has 0 atom stereocenters. The molecule has 0 spiro atoms. The van der Waals surface area contributed by atoms with E-state index in [4.69, 9.17) is 9.97 Å². The van der Waals surface area contributed by atoms with Crippen molar-refractivity contribution >= 4 is 46.4 Å². The van der Waals surface area contributed by atoms with Gasteiger partial charge in [-0.05, 0) is 115 Å². The highest BCUT2D eigenvalue weighted by molar-refractivity contribution is 6.00. The van der Waals surface area contributed by atoms with Crippen molar-refractivity contribution in [1.29, 1.82) is 0 Å². The lowest BCUT2D eigenvalue weighted by Crippen LogP contribution is -2.10. The van der Waals surface area contributed by atoms with Gasteiger partial charge in [0.05, 0.1) is 33.8 Å². The first-order valence-electron chi connectivity index (χ1n) is 23.2. The number of hydrogen-bond donors (Lipinski definition) is 1. The number of rotatable bonds is 4. The Balaban J connectivity index is 1.44. The zero-order valence-electron chi connectivity index (χ0n) is 40.7. The molecule has 2 aliphatic heterocycles. The monoisotopic (exact) mass is 853 g/mol. The van der Waals surface area contributed by atoms with Gasteiger partial charge in [0.2, 0.25) is 0 Å². The lowest BCUT2D eigenvalue weighted by atomic mass is 9.86. The maximum absolute atomic E-state index is 5.60. The lowest BCUT2D eigenvalue weighted by Gasteiger charge is -2.19. The predicted molar refractivity (Wildman–Crippen MR) is 280 cm³/mol. The molecular weight excluding hydrogens is 789 g/mol. The van der Waals surface area contributed by atoms with E-state index in [1.54, 1.807) is 0 Å². The number of benzene rings is 4. The zero-order valence-corrected chi connectivity index (χ0v) is 40.7. The van der Waals surface area contributed by atoms with Crippen LogP contribution in [0.15, 0.2) is 121 Å². The van der Waals surface area contributed by atoms with Crippen LogP contribution in [0.1, 0.15) is 128 Å². The predicted octanol–water partition coefficient (Wildman–Crippen LogP) is 16.5. The molecule has 7 aromatic rings.